The van der Waals surface area contributed by atoms with Gasteiger partial charge in [0.25, 0.3) is 0 Å². The summed E-state index contributed by atoms with van der Waals surface area (Å²) < 4.78 is 64.2. The maximum Gasteiger partial charge on any atom is 0.405 e. The van der Waals surface area contributed by atoms with Crippen molar-refractivity contribution in [1.29, 1.82) is 0 Å². The Kier molecular flexibility index (Phi) is 6.75. The van der Waals surface area contributed by atoms with Crippen LogP contribution >= 0.6 is 0 Å². The monoisotopic (exact) mass is 571 g/mol. The molecular weight excluding hydrogens is 547 g/mol. The second-order valence-corrected chi connectivity index (χ2v) is 11.7. The third kappa shape index (κ3) is 5.53. The minimum absolute atomic E-state index is 0.153. The van der Waals surface area contributed by atoms with Crippen molar-refractivity contribution in [3.05, 3.63) is 115 Å². The largest absolute Gasteiger partial charge is 0.405 e. The lowest BCUT2D eigenvalue weighted by Gasteiger charge is -2.14. The molecule has 0 spiro atoms. The summed E-state index contributed by atoms with van der Waals surface area (Å²) in [4.78, 5) is 8.30. The number of aromatic amines is 1. The molecule has 0 bridgehead atoms. The smallest absolute Gasteiger partial charge is 0.376 e. The van der Waals surface area contributed by atoms with Gasteiger partial charge >= 0.3 is 6.18 Å². The zero-order valence-electron chi connectivity index (χ0n) is 21.6. The molecule has 0 radical (unpaired) electrons. The van der Waals surface area contributed by atoms with E-state index in [4.69, 9.17) is 0 Å². The van der Waals surface area contributed by atoms with Crippen molar-refractivity contribution in [2.24, 2.45) is 0 Å². The number of alkyl halides is 3. The van der Waals surface area contributed by atoms with Crippen molar-refractivity contribution in [3.8, 4) is 22.3 Å². The second-order valence-electron chi connectivity index (χ2n) is 9.76. The second kappa shape index (κ2) is 10.4. The zero-order chi connectivity index (χ0) is 28.6. The molecule has 0 amide bonds. The quantitative estimate of drug-likeness (QED) is 0.204. The molecule has 2 N–H and O–H groups in total. The number of rotatable bonds is 7. The molecular formula is C32H24F3N3O2S. The first-order valence-electron chi connectivity index (χ1n) is 12.9. The molecule has 2 heterocycles. The van der Waals surface area contributed by atoms with Gasteiger partial charge in [0.1, 0.15) is 12.2 Å². The van der Waals surface area contributed by atoms with Crippen LogP contribution < -0.4 is 5.32 Å². The van der Waals surface area contributed by atoms with Crippen molar-refractivity contribution in [2.75, 3.05) is 11.9 Å². The molecule has 0 saturated heterocycles. The van der Waals surface area contributed by atoms with Crippen LogP contribution in [0.5, 0.6) is 0 Å². The predicted molar refractivity (Wildman–Crippen MR) is 156 cm³/mol. The normalized spacial score (nSPS) is 12.2. The van der Waals surface area contributed by atoms with Gasteiger partial charge in [-0.05, 0) is 53.1 Å². The van der Waals surface area contributed by atoms with Crippen LogP contribution in [-0.4, -0.2) is 31.1 Å². The molecule has 2 aromatic heterocycles. The Bertz CT molecular complexity index is 1950. The van der Waals surface area contributed by atoms with Crippen LogP contribution in [0.3, 0.4) is 0 Å². The van der Waals surface area contributed by atoms with Gasteiger partial charge in [0.2, 0.25) is 0 Å². The van der Waals surface area contributed by atoms with Crippen LogP contribution in [0.1, 0.15) is 5.56 Å². The van der Waals surface area contributed by atoms with Gasteiger partial charge < -0.3 is 10.3 Å². The Morgan fingerprint density at radius 3 is 2.17 bits per heavy atom. The summed E-state index contributed by atoms with van der Waals surface area (Å²) in [5, 5.41) is 4.07. The van der Waals surface area contributed by atoms with Crippen molar-refractivity contribution in [3.63, 3.8) is 0 Å². The number of pyridine rings is 1. The minimum Gasteiger partial charge on any atom is -0.376 e. The highest BCUT2D eigenvalue weighted by Crippen LogP contribution is 2.41. The van der Waals surface area contributed by atoms with E-state index < -0.39 is 22.6 Å². The number of hydrogen-bond acceptors (Lipinski definition) is 4. The van der Waals surface area contributed by atoms with Gasteiger partial charge in [0.05, 0.1) is 10.6 Å². The highest BCUT2D eigenvalue weighted by atomic mass is 32.2. The van der Waals surface area contributed by atoms with Crippen LogP contribution in [0, 0.1) is 0 Å². The van der Waals surface area contributed by atoms with Crippen LogP contribution in [0.2, 0.25) is 0 Å². The van der Waals surface area contributed by atoms with E-state index in [2.05, 4.69) is 15.3 Å². The fraction of sp³-hybridized carbons (Fsp3) is 0.0938. The number of halogens is 3. The molecule has 0 aliphatic rings. The third-order valence-corrected chi connectivity index (χ3v) is 8.60. The number of aromatic nitrogens is 2. The molecule has 6 rings (SSSR count). The van der Waals surface area contributed by atoms with E-state index in [-0.39, 0.29) is 10.6 Å². The van der Waals surface area contributed by atoms with Gasteiger partial charge in [-0.3, -0.25) is 0 Å². The van der Waals surface area contributed by atoms with E-state index >= 15 is 0 Å². The van der Waals surface area contributed by atoms with Crippen LogP contribution in [0.15, 0.2) is 114 Å². The van der Waals surface area contributed by atoms with E-state index in [1.165, 1.54) is 0 Å². The summed E-state index contributed by atoms with van der Waals surface area (Å²) in [5.74, 6) is -0.153. The van der Waals surface area contributed by atoms with Crippen LogP contribution in [0.4, 0.5) is 18.9 Å². The number of hydrogen-bond donors (Lipinski definition) is 2. The molecule has 9 heteroatoms. The first-order valence-corrected chi connectivity index (χ1v) is 14.5. The first-order chi connectivity index (χ1) is 19.7. The van der Waals surface area contributed by atoms with E-state index in [1.807, 2.05) is 42.5 Å². The van der Waals surface area contributed by atoms with Gasteiger partial charge in [-0.25, -0.2) is 13.4 Å². The van der Waals surface area contributed by atoms with Crippen molar-refractivity contribution < 1.29 is 21.6 Å². The van der Waals surface area contributed by atoms with Gasteiger partial charge in [0, 0.05) is 39.3 Å². The molecule has 0 atom stereocenters. The summed E-state index contributed by atoms with van der Waals surface area (Å²) in [6, 6.07) is 30.4. The summed E-state index contributed by atoms with van der Waals surface area (Å²) >= 11 is 0. The lowest BCUT2D eigenvalue weighted by molar-refractivity contribution is -0.115. The van der Waals surface area contributed by atoms with E-state index in [0.717, 1.165) is 38.5 Å². The predicted octanol–water partition coefficient (Wildman–Crippen LogP) is 8.00. The van der Waals surface area contributed by atoms with E-state index in [0.29, 0.717) is 16.9 Å². The number of nitrogens with zero attached hydrogens (tertiary/aromatic N) is 1. The standard InChI is InChI=1S/C32H24F3N3O2S/c33-32(34,35)20-37-24-14-12-22(13-15-24)27-18-36-31-30(29(27)23-7-3-1-4-8-23)26-17-21(11-16-28(26)38-31)19-41(39,40)25-9-5-2-6-10-25/h1-18,37H,19-20H2,(H,36,38). The van der Waals surface area contributed by atoms with Gasteiger partial charge in [-0.2, -0.15) is 13.2 Å². The molecule has 6 aromatic rings. The maximum atomic E-state index is 13.1. The lowest BCUT2D eigenvalue weighted by atomic mass is 9.92. The molecule has 0 fully saturated rings. The fourth-order valence-corrected chi connectivity index (χ4v) is 6.37. The number of sulfone groups is 1. The summed E-state index contributed by atoms with van der Waals surface area (Å²) in [5.41, 5.74) is 5.87. The number of nitrogens with one attached hydrogen (secondary N) is 2. The topological polar surface area (TPSA) is 74.8 Å². The molecule has 206 valence electrons. The molecule has 0 aliphatic heterocycles. The van der Waals surface area contributed by atoms with E-state index in [9.17, 15) is 21.6 Å². The van der Waals surface area contributed by atoms with Gasteiger partial charge in [0.15, 0.2) is 9.84 Å². The summed E-state index contributed by atoms with van der Waals surface area (Å²) in [7, 11) is -3.55. The average molecular weight is 572 g/mol. The van der Waals surface area contributed by atoms with Gasteiger partial charge in [-0.15, -0.1) is 0 Å². The van der Waals surface area contributed by atoms with E-state index in [1.54, 1.807) is 66.9 Å². The maximum absolute atomic E-state index is 13.1. The Balaban J connectivity index is 1.49. The Hall–Kier alpha value is -4.63. The van der Waals surface area contributed by atoms with Crippen LogP contribution in [-0.2, 0) is 15.6 Å². The molecule has 0 unspecified atom stereocenters. The number of H-pyrrole nitrogens is 1. The molecule has 4 aromatic carbocycles. The molecule has 0 aliphatic carbocycles. The Morgan fingerprint density at radius 2 is 1.49 bits per heavy atom. The fourth-order valence-electron chi connectivity index (χ4n) is 5.02. The number of fused-ring (bicyclic) bond motifs is 3. The summed E-state index contributed by atoms with van der Waals surface area (Å²) in [6.07, 6.45) is -2.57. The first kappa shape index (κ1) is 26.6. The summed E-state index contributed by atoms with van der Waals surface area (Å²) in [6.45, 7) is -1.12. The Labute approximate surface area is 234 Å². The zero-order valence-corrected chi connectivity index (χ0v) is 22.4. The van der Waals surface area contributed by atoms with Crippen LogP contribution in [0.25, 0.3) is 44.2 Å². The van der Waals surface area contributed by atoms with Crippen molar-refractivity contribution >= 4 is 37.5 Å². The highest BCUT2D eigenvalue weighted by Gasteiger charge is 2.26. The van der Waals surface area contributed by atoms with Crippen molar-refractivity contribution in [2.45, 2.75) is 16.8 Å². The molecule has 41 heavy (non-hydrogen) atoms. The SMILES string of the molecule is O=S(=O)(Cc1ccc2[nH]c3ncc(-c4ccc(NCC(F)(F)F)cc4)c(-c4ccccc4)c3c2c1)c1ccccc1. The number of benzene rings is 4. The average Bonchev–Trinajstić information content (AvgIpc) is 3.34. The Morgan fingerprint density at radius 1 is 0.805 bits per heavy atom. The van der Waals surface area contributed by atoms with Gasteiger partial charge in [-0.1, -0.05) is 66.7 Å². The highest BCUT2D eigenvalue weighted by molar-refractivity contribution is 7.90. The van der Waals surface area contributed by atoms with Crippen molar-refractivity contribution in [1.82, 2.24) is 9.97 Å². The third-order valence-electron chi connectivity index (χ3n) is 6.90. The molecule has 0 saturated carbocycles. The molecule has 5 nitrogen and oxygen atoms in total. The minimum atomic E-state index is -4.32. The number of anilines is 1. The lowest BCUT2D eigenvalue weighted by Crippen LogP contribution is -2.21.